The van der Waals surface area contributed by atoms with E-state index >= 15 is 0 Å². The molecule has 0 amide bonds. The molecule has 0 heteroatoms. The molecule has 0 spiro atoms. The van der Waals surface area contributed by atoms with E-state index < -0.39 is 0 Å². The van der Waals surface area contributed by atoms with Crippen molar-refractivity contribution in [3.63, 3.8) is 0 Å². The van der Waals surface area contributed by atoms with Crippen molar-refractivity contribution in [2.45, 2.75) is 39.0 Å². The average molecular weight is 236 g/mol. The largest absolute Gasteiger partial charge is 0.0775 e. The van der Waals surface area contributed by atoms with Crippen LogP contribution in [-0.2, 0) is 0 Å². The molecule has 1 aromatic carbocycles. The summed E-state index contributed by atoms with van der Waals surface area (Å²) in [5.41, 5.74) is 7.52. The third-order valence-corrected chi connectivity index (χ3v) is 4.18. The maximum absolute atomic E-state index is 2.36. The van der Waals surface area contributed by atoms with Gasteiger partial charge in [-0.3, -0.25) is 0 Å². The highest BCUT2D eigenvalue weighted by Crippen LogP contribution is 2.40. The van der Waals surface area contributed by atoms with Crippen LogP contribution in [0.1, 0.15) is 50.2 Å². The van der Waals surface area contributed by atoms with Crippen LogP contribution in [0.15, 0.2) is 53.1 Å². The number of rotatable bonds is 3. The zero-order valence-corrected chi connectivity index (χ0v) is 11.2. The van der Waals surface area contributed by atoms with Crippen molar-refractivity contribution in [3.05, 3.63) is 64.3 Å². The topological polar surface area (TPSA) is 0 Å². The van der Waals surface area contributed by atoms with Gasteiger partial charge in [-0.1, -0.05) is 59.2 Å². The van der Waals surface area contributed by atoms with Gasteiger partial charge in [0.2, 0.25) is 0 Å². The number of allylic oxidation sites excluding steroid dienone is 5. The summed E-state index contributed by atoms with van der Waals surface area (Å²) < 4.78 is 0. The van der Waals surface area contributed by atoms with Gasteiger partial charge in [-0.25, -0.2) is 0 Å². The number of benzene rings is 1. The number of fused-ring (bicyclic) bond motifs is 1. The highest BCUT2D eigenvalue weighted by molar-refractivity contribution is 5.65. The zero-order chi connectivity index (χ0) is 12.5. The van der Waals surface area contributed by atoms with Gasteiger partial charge in [-0.2, -0.15) is 0 Å². The minimum Gasteiger partial charge on any atom is -0.0775 e. The molecule has 18 heavy (non-hydrogen) atoms. The summed E-state index contributed by atoms with van der Waals surface area (Å²) in [6, 6.07) is 8.83. The molecule has 0 fully saturated rings. The monoisotopic (exact) mass is 236 g/mol. The first-order valence-electron chi connectivity index (χ1n) is 6.87. The fraction of sp³-hybridized carbons (Fsp3) is 0.333. The Morgan fingerprint density at radius 3 is 2.72 bits per heavy atom. The van der Waals surface area contributed by atoms with Gasteiger partial charge in [0.25, 0.3) is 0 Å². The fourth-order valence-corrected chi connectivity index (χ4v) is 3.17. The maximum atomic E-state index is 2.36. The minimum atomic E-state index is 0.642. The molecule has 0 heterocycles. The Morgan fingerprint density at radius 1 is 1.11 bits per heavy atom. The molecule has 1 atom stereocenters. The molecule has 0 saturated heterocycles. The van der Waals surface area contributed by atoms with E-state index in [1.165, 1.54) is 41.5 Å². The summed E-state index contributed by atoms with van der Waals surface area (Å²) >= 11 is 0. The Kier molecular flexibility index (Phi) is 2.95. The molecule has 0 N–H and O–H groups in total. The third kappa shape index (κ3) is 2.08. The second kappa shape index (κ2) is 4.61. The predicted molar refractivity (Wildman–Crippen MR) is 78.5 cm³/mol. The van der Waals surface area contributed by atoms with E-state index in [9.17, 15) is 0 Å². The predicted octanol–water partition coefficient (Wildman–Crippen LogP) is 5.24. The molecule has 0 saturated carbocycles. The van der Waals surface area contributed by atoms with Crippen LogP contribution in [-0.4, -0.2) is 0 Å². The van der Waals surface area contributed by atoms with Gasteiger partial charge >= 0.3 is 0 Å². The van der Waals surface area contributed by atoms with Crippen molar-refractivity contribution in [2.75, 3.05) is 0 Å². The van der Waals surface area contributed by atoms with E-state index in [0.717, 1.165) is 0 Å². The van der Waals surface area contributed by atoms with E-state index in [1.54, 1.807) is 5.57 Å². The molecular formula is C18H20. The van der Waals surface area contributed by atoms with Crippen molar-refractivity contribution in [1.82, 2.24) is 0 Å². The second-order valence-electron chi connectivity index (χ2n) is 5.56. The molecule has 1 unspecified atom stereocenters. The Bertz CT molecular complexity index is 555. The van der Waals surface area contributed by atoms with Crippen molar-refractivity contribution in [3.8, 4) is 0 Å². The molecule has 0 radical (unpaired) electrons. The standard InChI is InChI=1S/C18H20/c1-13-7-8-15(11-13)9-10-17-14(2)12-16-5-3-4-6-18(16)17/h3-7,11-12,17H,8-10H2,1-2H3. The van der Waals surface area contributed by atoms with Crippen LogP contribution in [0.4, 0.5) is 0 Å². The van der Waals surface area contributed by atoms with E-state index in [-0.39, 0.29) is 0 Å². The van der Waals surface area contributed by atoms with E-state index in [2.05, 4.69) is 56.3 Å². The first-order valence-corrected chi connectivity index (χ1v) is 6.87. The first-order chi connectivity index (χ1) is 8.74. The summed E-state index contributed by atoms with van der Waals surface area (Å²) in [6.45, 7) is 4.47. The lowest BCUT2D eigenvalue weighted by molar-refractivity contribution is 0.705. The van der Waals surface area contributed by atoms with Crippen LogP contribution >= 0.6 is 0 Å². The lowest BCUT2D eigenvalue weighted by atomic mass is 9.90. The molecule has 1 aromatic rings. The van der Waals surface area contributed by atoms with Gasteiger partial charge in [0, 0.05) is 5.92 Å². The van der Waals surface area contributed by atoms with Gasteiger partial charge in [-0.15, -0.1) is 0 Å². The average Bonchev–Trinajstić information content (AvgIpc) is 2.90. The Balaban J connectivity index is 1.71. The van der Waals surface area contributed by atoms with Crippen LogP contribution < -0.4 is 0 Å². The SMILES string of the molecule is CC1=CCC(CCC2C(C)=Cc3ccccc32)=C1. The van der Waals surface area contributed by atoms with E-state index in [1.807, 2.05) is 0 Å². The quantitative estimate of drug-likeness (QED) is 0.673. The van der Waals surface area contributed by atoms with Crippen molar-refractivity contribution in [1.29, 1.82) is 0 Å². The molecule has 0 bridgehead atoms. The molecular weight excluding hydrogens is 216 g/mol. The van der Waals surface area contributed by atoms with E-state index in [0.29, 0.717) is 5.92 Å². The summed E-state index contributed by atoms with van der Waals surface area (Å²) in [4.78, 5) is 0. The molecule has 2 aliphatic rings. The van der Waals surface area contributed by atoms with Gasteiger partial charge < -0.3 is 0 Å². The maximum Gasteiger partial charge on any atom is 0.00577 e. The van der Waals surface area contributed by atoms with Gasteiger partial charge in [0.05, 0.1) is 0 Å². The lowest BCUT2D eigenvalue weighted by Crippen LogP contribution is -1.97. The van der Waals surface area contributed by atoms with Crippen LogP contribution in [0.5, 0.6) is 0 Å². The van der Waals surface area contributed by atoms with Crippen LogP contribution in [0.3, 0.4) is 0 Å². The Hall–Kier alpha value is -1.56. The molecule has 92 valence electrons. The molecule has 0 aromatic heterocycles. The zero-order valence-electron chi connectivity index (χ0n) is 11.2. The smallest absolute Gasteiger partial charge is 0.00577 e. The number of hydrogen-bond acceptors (Lipinski definition) is 0. The number of hydrogen-bond donors (Lipinski definition) is 0. The lowest BCUT2D eigenvalue weighted by Gasteiger charge is -2.14. The fourth-order valence-electron chi connectivity index (χ4n) is 3.17. The summed E-state index contributed by atoms with van der Waals surface area (Å²) in [5.74, 6) is 0.642. The normalized spacial score (nSPS) is 21.4. The van der Waals surface area contributed by atoms with Crippen LogP contribution in [0.2, 0.25) is 0 Å². The van der Waals surface area contributed by atoms with Gasteiger partial charge in [0.15, 0.2) is 0 Å². The molecule has 0 aliphatic heterocycles. The molecule has 0 nitrogen and oxygen atoms in total. The summed E-state index contributed by atoms with van der Waals surface area (Å²) in [7, 11) is 0. The highest BCUT2D eigenvalue weighted by Gasteiger charge is 2.22. The van der Waals surface area contributed by atoms with Crippen molar-refractivity contribution >= 4 is 6.08 Å². The Morgan fingerprint density at radius 2 is 1.94 bits per heavy atom. The molecule has 2 aliphatic carbocycles. The highest BCUT2D eigenvalue weighted by atomic mass is 14.3. The van der Waals surface area contributed by atoms with E-state index in [4.69, 9.17) is 0 Å². The minimum absolute atomic E-state index is 0.642. The van der Waals surface area contributed by atoms with Gasteiger partial charge in [0.1, 0.15) is 0 Å². The van der Waals surface area contributed by atoms with Crippen LogP contribution in [0.25, 0.3) is 6.08 Å². The third-order valence-electron chi connectivity index (χ3n) is 4.18. The van der Waals surface area contributed by atoms with Crippen LogP contribution in [0, 0.1) is 0 Å². The van der Waals surface area contributed by atoms with Crippen molar-refractivity contribution < 1.29 is 0 Å². The Labute approximate surface area is 110 Å². The molecule has 3 rings (SSSR count). The van der Waals surface area contributed by atoms with Gasteiger partial charge in [-0.05, 0) is 44.2 Å². The first kappa shape index (κ1) is 11.5. The summed E-state index contributed by atoms with van der Waals surface area (Å²) in [5, 5.41) is 0. The van der Waals surface area contributed by atoms with Crippen molar-refractivity contribution in [2.24, 2.45) is 0 Å². The summed E-state index contributed by atoms with van der Waals surface area (Å²) in [6.07, 6.45) is 10.7. The second-order valence-corrected chi connectivity index (χ2v) is 5.56.